The number of aromatic nitrogens is 3. The molecule has 2 aromatic heterocycles. The number of anilines is 1. The van der Waals surface area contributed by atoms with Gasteiger partial charge in [-0.25, -0.2) is 4.98 Å². The number of hydrogen-bond donors (Lipinski definition) is 3. The van der Waals surface area contributed by atoms with Crippen LogP contribution < -0.4 is 10.6 Å². The van der Waals surface area contributed by atoms with E-state index in [9.17, 15) is 14.4 Å². The molecule has 0 bridgehead atoms. The van der Waals surface area contributed by atoms with E-state index in [0.717, 1.165) is 10.6 Å². The smallest absolute Gasteiger partial charge is 0.311 e. The molecule has 1 aliphatic heterocycles. The second-order valence-electron chi connectivity index (χ2n) is 7.19. The average Bonchev–Trinajstić information content (AvgIpc) is 3.50. The van der Waals surface area contributed by atoms with E-state index in [1.165, 1.54) is 16.2 Å². The zero-order chi connectivity index (χ0) is 21.6. The number of nitrogens with one attached hydrogen (secondary N) is 3. The number of rotatable bonds is 5. The number of aromatic amines is 1. The number of H-pyrrole nitrogens is 1. The Bertz CT molecular complexity index is 1040. The van der Waals surface area contributed by atoms with Crippen molar-refractivity contribution in [1.82, 2.24) is 25.4 Å². The monoisotopic (exact) mass is 438 g/mol. The fourth-order valence-corrected chi connectivity index (χ4v) is 4.04. The summed E-state index contributed by atoms with van der Waals surface area (Å²) in [5.41, 5.74) is 0.750. The molecule has 3 N–H and O–H groups in total. The van der Waals surface area contributed by atoms with Gasteiger partial charge in [0.1, 0.15) is 5.82 Å². The molecule has 0 saturated carbocycles. The van der Waals surface area contributed by atoms with Gasteiger partial charge in [-0.15, -0.1) is 11.3 Å². The van der Waals surface area contributed by atoms with Crippen LogP contribution >= 0.6 is 11.3 Å². The van der Waals surface area contributed by atoms with Gasteiger partial charge in [0.2, 0.25) is 5.91 Å². The minimum Gasteiger partial charge on any atom is -0.341 e. The highest BCUT2D eigenvalue weighted by atomic mass is 32.1. The Kier molecular flexibility index (Phi) is 6.37. The molecule has 160 valence electrons. The summed E-state index contributed by atoms with van der Waals surface area (Å²) in [6, 6.07) is 13.1. The van der Waals surface area contributed by atoms with Crippen LogP contribution in [0.3, 0.4) is 0 Å². The maximum absolute atomic E-state index is 12.4. The van der Waals surface area contributed by atoms with E-state index in [2.05, 4.69) is 25.8 Å². The number of thiophene rings is 1. The second kappa shape index (κ2) is 9.52. The van der Waals surface area contributed by atoms with Gasteiger partial charge in [-0.1, -0.05) is 24.3 Å². The number of hydrogen-bond acceptors (Lipinski definition) is 6. The van der Waals surface area contributed by atoms with Gasteiger partial charge < -0.3 is 15.5 Å². The van der Waals surface area contributed by atoms with E-state index in [1.54, 1.807) is 0 Å². The minimum atomic E-state index is -0.693. The topological polar surface area (TPSA) is 120 Å². The Morgan fingerprint density at radius 1 is 1.10 bits per heavy atom. The van der Waals surface area contributed by atoms with Crippen LogP contribution in [0.2, 0.25) is 0 Å². The van der Waals surface area contributed by atoms with Crippen LogP contribution in [0, 0.1) is 5.92 Å². The number of amides is 3. The van der Waals surface area contributed by atoms with Crippen molar-refractivity contribution in [3.8, 4) is 10.7 Å². The molecule has 0 radical (unpaired) electrons. The largest absolute Gasteiger partial charge is 0.341 e. The van der Waals surface area contributed by atoms with E-state index >= 15 is 0 Å². The summed E-state index contributed by atoms with van der Waals surface area (Å²) in [5.74, 6) is -0.504. The molecular formula is C21H22N6O3S. The molecule has 1 aliphatic rings. The third-order valence-corrected chi connectivity index (χ3v) is 5.94. The SMILES string of the molecule is O=C(NCc1nc(-c2cccs2)n[nH]1)C(=O)N1CCC(C(=O)Nc2ccccc2)CC1. The Labute approximate surface area is 182 Å². The lowest BCUT2D eigenvalue weighted by molar-refractivity contribution is -0.147. The van der Waals surface area contributed by atoms with Crippen LogP contribution in [0.25, 0.3) is 10.7 Å². The maximum atomic E-state index is 12.4. The first-order chi connectivity index (χ1) is 15.1. The minimum absolute atomic E-state index is 0.0605. The number of nitrogens with zero attached hydrogens (tertiary/aromatic N) is 3. The summed E-state index contributed by atoms with van der Waals surface area (Å²) in [5, 5.41) is 14.3. The van der Waals surface area contributed by atoms with Crippen molar-refractivity contribution in [2.75, 3.05) is 18.4 Å². The molecule has 1 fully saturated rings. The van der Waals surface area contributed by atoms with Crippen LogP contribution in [0.1, 0.15) is 18.7 Å². The molecule has 31 heavy (non-hydrogen) atoms. The highest BCUT2D eigenvalue weighted by Gasteiger charge is 2.30. The summed E-state index contributed by atoms with van der Waals surface area (Å²) in [6.45, 7) is 0.812. The van der Waals surface area contributed by atoms with Gasteiger partial charge in [0.25, 0.3) is 0 Å². The number of benzene rings is 1. The van der Waals surface area contributed by atoms with Gasteiger partial charge in [-0.05, 0) is 36.4 Å². The molecular weight excluding hydrogens is 416 g/mol. The molecule has 0 spiro atoms. The van der Waals surface area contributed by atoms with Crippen molar-refractivity contribution >= 4 is 34.7 Å². The van der Waals surface area contributed by atoms with Crippen molar-refractivity contribution in [2.24, 2.45) is 5.92 Å². The molecule has 0 unspecified atom stereocenters. The van der Waals surface area contributed by atoms with Crippen molar-refractivity contribution in [1.29, 1.82) is 0 Å². The quantitative estimate of drug-likeness (QED) is 0.527. The third kappa shape index (κ3) is 5.15. The Morgan fingerprint density at radius 2 is 1.87 bits per heavy atom. The van der Waals surface area contributed by atoms with Gasteiger partial charge in [0, 0.05) is 24.7 Å². The van der Waals surface area contributed by atoms with E-state index < -0.39 is 11.8 Å². The first-order valence-electron chi connectivity index (χ1n) is 9.98. The van der Waals surface area contributed by atoms with Crippen LogP contribution in [0.15, 0.2) is 47.8 Å². The molecule has 4 rings (SSSR count). The molecule has 9 nitrogen and oxygen atoms in total. The normalized spacial score (nSPS) is 14.3. The zero-order valence-electron chi connectivity index (χ0n) is 16.7. The van der Waals surface area contributed by atoms with Crippen LogP contribution in [0.4, 0.5) is 5.69 Å². The molecule has 3 aromatic rings. The number of para-hydroxylation sites is 1. The summed E-state index contributed by atoms with van der Waals surface area (Å²) < 4.78 is 0. The van der Waals surface area contributed by atoms with Crippen LogP contribution in [-0.2, 0) is 20.9 Å². The van der Waals surface area contributed by atoms with Gasteiger partial charge in [-0.2, -0.15) is 5.10 Å². The first kappa shape index (κ1) is 20.7. The Hall–Kier alpha value is -3.53. The van der Waals surface area contributed by atoms with E-state index in [-0.39, 0.29) is 18.4 Å². The average molecular weight is 439 g/mol. The van der Waals surface area contributed by atoms with Gasteiger partial charge in [-0.3, -0.25) is 19.5 Å². The van der Waals surface area contributed by atoms with Crippen LogP contribution in [0.5, 0.6) is 0 Å². The van der Waals surface area contributed by atoms with Gasteiger partial charge >= 0.3 is 11.8 Å². The Morgan fingerprint density at radius 3 is 2.58 bits per heavy atom. The fourth-order valence-electron chi connectivity index (χ4n) is 3.38. The number of carbonyl (C=O) groups is 3. The molecule has 1 saturated heterocycles. The van der Waals surface area contributed by atoms with E-state index in [1.807, 2.05) is 47.8 Å². The number of carbonyl (C=O) groups excluding carboxylic acids is 3. The van der Waals surface area contributed by atoms with Crippen molar-refractivity contribution < 1.29 is 14.4 Å². The molecule has 1 aromatic carbocycles. The van der Waals surface area contributed by atoms with Gasteiger partial charge in [0.15, 0.2) is 5.82 Å². The lowest BCUT2D eigenvalue weighted by atomic mass is 9.95. The third-order valence-electron chi connectivity index (χ3n) is 5.08. The maximum Gasteiger partial charge on any atom is 0.311 e. The Balaban J connectivity index is 1.23. The number of likely N-dealkylation sites (tertiary alicyclic amines) is 1. The molecule has 3 heterocycles. The first-order valence-corrected chi connectivity index (χ1v) is 10.9. The highest BCUT2D eigenvalue weighted by Crippen LogP contribution is 2.21. The predicted molar refractivity (Wildman–Crippen MR) is 116 cm³/mol. The molecule has 0 atom stereocenters. The fraction of sp³-hybridized carbons (Fsp3) is 0.286. The summed E-state index contributed by atoms with van der Waals surface area (Å²) in [4.78, 5) is 43.9. The highest BCUT2D eigenvalue weighted by molar-refractivity contribution is 7.13. The van der Waals surface area contributed by atoms with Crippen molar-refractivity contribution in [2.45, 2.75) is 19.4 Å². The lowest BCUT2D eigenvalue weighted by Gasteiger charge is -2.30. The zero-order valence-corrected chi connectivity index (χ0v) is 17.5. The van der Waals surface area contributed by atoms with E-state index in [4.69, 9.17) is 0 Å². The molecule has 10 heteroatoms. The molecule has 0 aliphatic carbocycles. The van der Waals surface area contributed by atoms with Crippen molar-refractivity contribution in [3.05, 3.63) is 53.7 Å². The predicted octanol–water partition coefficient (Wildman–Crippen LogP) is 2.03. The number of piperidine rings is 1. The van der Waals surface area contributed by atoms with Crippen molar-refractivity contribution in [3.63, 3.8) is 0 Å². The summed E-state index contributed by atoms with van der Waals surface area (Å²) in [7, 11) is 0. The summed E-state index contributed by atoms with van der Waals surface area (Å²) >= 11 is 1.52. The molecule has 3 amide bonds. The van der Waals surface area contributed by atoms with E-state index in [0.29, 0.717) is 37.6 Å². The standard InChI is InChI=1S/C21H22N6O3S/c28-19(23-15-5-2-1-3-6-15)14-8-10-27(11-9-14)21(30)20(29)22-13-17-24-18(26-25-17)16-7-4-12-31-16/h1-7,12,14H,8-11,13H2,(H,22,29)(H,23,28)(H,24,25,26). The second-order valence-corrected chi connectivity index (χ2v) is 8.14. The summed E-state index contributed by atoms with van der Waals surface area (Å²) in [6.07, 6.45) is 1.04. The van der Waals surface area contributed by atoms with Crippen LogP contribution in [-0.4, -0.2) is 50.9 Å². The van der Waals surface area contributed by atoms with Gasteiger partial charge in [0.05, 0.1) is 11.4 Å². The lowest BCUT2D eigenvalue weighted by Crippen LogP contribution is -2.47.